The van der Waals surface area contributed by atoms with Gasteiger partial charge in [-0.2, -0.15) is 0 Å². The lowest BCUT2D eigenvalue weighted by Gasteiger charge is -2.20. The van der Waals surface area contributed by atoms with Crippen molar-refractivity contribution in [3.8, 4) is 0 Å². The van der Waals surface area contributed by atoms with Crippen LogP contribution in [0.15, 0.2) is 12.4 Å². The Hall–Kier alpha value is -0.790. The monoisotopic (exact) mass is 573 g/mol. The maximum absolute atomic E-state index is 4.80. The molecule has 1 heterocycles. The van der Waals surface area contributed by atoms with Gasteiger partial charge in [0.15, 0.2) is 0 Å². The first kappa shape index (κ1) is 38.2. The molecule has 0 bridgehead atoms. The van der Waals surface area contributed by atoms with Gasteiger partial charge >= 0.3 is 0 Å². The minimum absolute atomic E-state index is 0.584. The standard InChI is InChI=1S/C39H76N2/c1-5-7-9-11-13-15-17-19-20-22-24-26-28-30-32-34-38(4)41-36-35-40-39(41)37(3)33-31-29-27-25-23-21-18-16-14-12-10-8-6-2/h35-38H,5-34H2,1-4H3. The number of nitrogens with zero attached hydrogens (tertiary/aromatic N) is 2. The van der Waals surface area contributed by atoms with Gasteiger partial charge in [-0.15, -0.1) is 0 Å². The number of unbranched alkanes of at least 4 members (excludes halogenated alkanes) is 26. The quantitative estimate of drug-likeness (QED) is 0.0785. The predicted molar refractivity (Wildman–Crippen MR) is 185 cm³/mol. The SMILES string of the molecule is CCCCCCCCCCCCCCCCCC(C)n1ccnc1C(C)CCCCCCCCCCCCCCC. The second kappa shape index (κ2) is 29.3. The van der Waals surface area contributed by atoms with Gasteiger partial charge in [0.2, 0.25) is 0 Å². The maximum Gasteiger partial charge on any atom is 0.111 e. The number of hydrogen-bond acceptors (Lipinski definition) is 1. The third kappa shape index (κ3) is 22.4. The normalized spacial score (nSPS) is 13.2. The lowest BCUT2D eigenvalue weighted by atomic mass is 9.99. The summed E-state index contributed by atoms with van der Waals surface area (Å²) in [7, 11) is 0. The first-order valence-electron chi connectivity index (χ1n) is 19.2. The van der Waals surface area contributed by atoms with Gasteiger partial charge in [-0.3, -0.25) is 0 Å². The Morgan fingerprint density at radius 1 is 0.463 bits per heavy atom. The molecular formula is C39H76N2. The average Bonchev–Trinajstić information content (AvgIpc) is 3.48. The van der Waals surface area contributed by atoms with Crippen LogP contribution in [0.4, 0.5) is 0 Å². The zero-order chi connectivity index (χ0) is 29.6. The van der Waals surface area contributed by atoms with Crippen molar-refractivity contribution in [1.29, 1.82) is 0 Å². The molecule has 0 amide bonds. The predicted octanol–water partition coefficient (Wildman–Crippen LogP) is 14.3. The molecule has 0 aliphatic rings. The fourth-order valence-electron chi connectivity index (χ4n) is 6.63. The second-order valence-corrected chi connectivity index (χ2v) is 13.7. The molecule has 0 aromatic carbocycles. The van der Waals surface area contributed by atoms with Crippen molar-refractivity contribution in [2.45, 2.75) is 232 Å². The summed E-state index contributed by atoms with van der Waals surface area (Å²) in [6.45, 7) is 9.42. The Labute approximate surface area is 259 Å². The molecule has 41 heavy (non-hydrogen) atoms. The summed E-state index contributed by atoms with van der Waals surface area (Å²) in [6.07, 6.45) is 47.1. The van der Waals surface area contributed by atoms with Gasteiger partial charge in [-0.05, 0) is 19.8 Å². The van der Waals surface area contributed by atoms with E-state index >= 15 is 0 Å². The highest BCUT2D eigenvalue weighted by atomic mass is 15.1. The van der Waals surface area contributed by atoms with Crippen LogP contribution in [-0.4, -0.2) is 9.55 Å². The summed E-state index contributed by atoms with van der Waals surface area (Å²) in [5.41, 5.74) is 0. The third-order valence-corrected chi connectivity index (χ3v) is 9.58. The van der Waals surface area contributed by atoms with Crippen LogP contribution in [0.2, 0.25) is 0 Å². The Kier molecular flexibility index (Phi) is 27.3. The zero-order valence-corrected chi connectivity index (χ0v) is 28.9. The van der Waals surface area contributed by atoms with Gasteiger partial charge in [-0.25, -0.2) is 4.98 Å². The van der Waals surface area contributed by atoms with Gasteiger partial charge < -0.3 is 4.57 Å². The minimum atomic E-state index is 0.584. The van der Waals surface area contributed by atoms with Gasteiger partial charge in [0.1, 0.15) is 5.82 Å². The van der Waals surface area contributed by atoms with Crippen LogP contribution in [0.1, 0.15) is 238 Å². The summed E-state index contributed by atoms with van der Waals surface area (Å²) in [5.74, 6) is 1.92. The molecule has 2 unspecified atom stereocenters. The number of hydrogen-bond donors (Lipinski definition) is 0. The molecule has 0 radical (unpaired) electrons. The van der Waals surface area contributed by atoms with Crippen molar-refractivity contribution in [2.75, 3.05) is 0 Å². The van der Waals surface area contributed by atoms with Crippen LogP contribution in [0.5, 0.6) is 0 Å². The molecule has 0 fully saturated rings. The summed E-state index contributed by atoms with van der Waals surface area (Å²) in [5, 5.41) is 0. The topological polar surface area (TPSA) is 17.8 Å². The van der Waals surface area contributed by atoms with Crippen LogP contribution in [0.25, 0.3) is 0 Å². The van der Waals surface area contributed by atoms with Gasteiger partial charge in [0.05, 0.1) is 0 Å². The van der Waals surface area contributed by atoms with Crippen molar-refractivity contribution < 1.29 is 0 Å². The lowest BCUT2D eigenvalue weighted by molar-refractivity contribution is 0.435. The van der Waals surface area contributed by atoms with E-state index in [0.717, 1.165) is 0 Å². The molecule has 0 aliphatic heterocycles. The van der Waals surface area contributed by atoms with E-state index in [1.165, 1.54) is 198 Å². The highest BCUT2D eigenvalue weighted by Gasteiger charge is 2.15. The smallest absolute Gasteiger partial charge is 0.111 e. The number of aromatic nitrogens is 2. The van der Waals surface area contributed by atoms with Crippen LogP contribution in [0, 0.1) is 0 Å². The van der Waals surface area contributed by atoms with E-state index in [9.17, 15) is 0 Å². The molecule has 1 aromatic heterocycles. The van der Waals surface area contributed by atoms with E-state index in [-0.39, 0.29) is 0 Å². The van der Waals surface area contributed by atoms with E-state index in [1.54, 1.807) is 0 Å². The van der Waals surface area contributed by atoms with E-state index in [1.807, 2.05) is 6.20 Å². The van der Waals surface area contributed by atoms with Crippen LogP contribution in [0.3, 0.4) is 0 Å². The van der Waals surface area contributed by atoms with E-state index in [2.05, 4.69) is 38.5 Å². The molecule has 0 N–H and O–H groups in total. The van der Waals surface area contributed by atoms with E-state index in [0.29, 0.717) is 12.0 Å². The van der Waals surface area contributed by atoms with Crippen molar-refractivity contribution in [1.82, 2.24) is 9.55 Å². The lowest BCUT2D eigenvalue weighted by Crippen LogP contribution is -2.11. The molecular weight excluding hydrogens is 496 g/mol. The van der Waals surface area contributed by atoms with Crippen molar-refractivity contribution in [3.05, 3.63) is 18.2 Å². The van der Waals surface area contributed by atoms with E-state index < -0.39 is 0 Å². The average molecular weight is 573 g/mol. The summed E-state index contributed by atoms with van der Waals surface area (Å²) < 4.78 is 2.50. The highest BCUT2D eigenvalue weighted by Crippen LogP contribution is 2.26. The van der Waals surface area contributed by atoms with Gasteiger partial charge in [-0.1, -0.05) is 201 Å². The molecule has 1 rings (SSSR count). The Morgan fingerprint density at radius 2 is 0.780 bits per heavy atom. The fraction of sp³-hybridized carbons (Fsp3) is 0.923. The first-order chi connectivity index (χ1) is 20.2. The van der Waals surface area contributed by atoms with Crippen LogP contribution >= 0.6 is 0 Å². The molecule has 2 heteroatoms. The zero-order valence-electron chi connectivity index (χ0n) is 28.9. The van der Waals surface area contributed by atoms with Crippen LogP contribution in [-0.2, 0) is 0 Å². The summed E-state index contributed by atoms with van der Waals surface area (Å²) in [4.78, 5) is 4.80. The van der Waals surface area contributed by atoms with Crippen molar-refractivity contribution >= 4 is 0 Å². The molecule has 0 aliphatic carbocycles. The van der Waals surface area contributed by atoms with Crippen molar-refractivity contribution in [3.63, 3.8) is 0 Å². The number of rotatable bonds is 32. The molecule has 0 spiro atoms. The third-order valence-electron chi connectivity index (χ3n) is 9.58. The van der Waals surface area contributed by atoms with Gasteiger partial charge in [0.25, 0.3) is 0 Å². The van der Waals surface area contributed by atoms with Crippen LogP contribution < -0.4 is 0 Å². The molecule has 2 atom stereocenters. The molecule has 242 valence electrons. The highest BCUT2D eigenvalue weighted by molar-refractivity contribution is 5.01. The first-order valence-corrected chi connectivity index (χ1v) is 19.2. The van der Waals surface area contributed by atoms with Crippen molar-refractivity contribution in [2.24, 2.45) is 0 Å². The second-order valence-electron chi connectivity index (χ2n) is 13.7. The molecule has 0 saturated carbocycles. The molecule has 1 aromatic rings. The molecule has 2 nitrogen and oxygen atoms in total. The number of imidazole rings is 1. The van der Waals surface area contributed by atoms with Gasteiger partial charge in [0, 0.05) is 24.4 Å². The minimum Gasteiger partial charge on any atom is -0.332 e. The molecule has 0 saturated heterocycles. The fourth-order valence-corrected chi connectivity index (χ4v) is 6.63. The Balaban J connectivity index is 1.98. The largest absolute Gasteiger partial charge is 0.332 e. The summed E-state index contributed by atoms with van der Waals surface area (Å²) >= 11 is 0. The van der Waals surface area contributed by atoms with E-state index in [4.69, 9.17) is 4.98 Å². The Morgan fingerprint density at radius 3 is 1.15 bits per heavy atom. The Bertz CT molecular complexity index is 635. The summed E-state index contributed by atoms with van der Waals surface area (Å²) in [6, 6.07) is 0.587. The maximum atomic E-state index is 4.80.